The Morgan fingerprint density at radius 3 is 2.59 bits per heavy atom. The fourth-order valence-corrected chi connectivity index (χ4v) is 3.31. The zero-order valence-corrected chi connectivity index (χ0v) is 13.5. The molecule has 2 fully saturated rings. The van der Waals surface area contributed by atoms with Gasteiger partial charge in [0.25, 0.3) is 0 Å². The summed E-state index contributed by atoms with van der Waals surface area (Å²) >= 11 is 0. The third-order valence-electron chi connectivity index (χ3n) is 4.11. The van der Waals surface area contributed by atoms with E-state index in [0.29, 0.717) is 13.0 Å². The molecule has 22 heavy (non-hydrogen) atoms. The third kappa shape index (κ3) is 2.97. The molecule has 0 N–H and O–H groups in total. The van der Waals surface area contributed by atoms with Crippen LogP contribution in [-0.4, -0.2) is 29.9 Å². The minimum Gasteiger partial charge on any atom is -0.368 e. The highest BCUT2D eigenvalue weighted by Crippen LogP contribution is 2.47. The maximum atomic E-state index is 6.15. The zero-order chi connectivity index (χ0) is 15.8. The van der Waals surface area contributed by atoms with Gasteiger partial charge in [0, 0.05) is 0 Å². The van der Waals surface area contributed by atoms with E-state index in [1.54, 1.807) is 0 Å². The van der Waals surface area contributed by atoms with Gasteiger partial charge >= 0.3 is 0 Å². The van der Waals surface area contributed by atoms with Crippen LogP contribution in [0.5, 0.6) is 0 Å². The van der Waals surface area contributed by atoms with Gasteiger partial charge in [-0.1, -0.05) is 36.4 Å². The summed E-state index contributed by atoms with van der Waals surface area (Å²) in [7, 11) is 0. The van der Waals surface area contributed by atoms with Crippen LogP contribution in [-0.2, 0) is 25.6 Å². The normalized spacial score (nSPS) is 36.2. The van der Waals surface area contributed by atoms with Gasteiger partial charge in [-0.15, -0.1) is 6.58 Å². The highest BCUT2D eigenvalue weighted by Gasteiger charge is 2.62. The average molecular weight is 304 g/mol. The Morgan fingerprint density at radius 1 is 1.18 bits per heavy atom. The first-order valence-corrected chi connectivity index (χ1v) is 7.76. The summed E-state index contributed by atoms with van der Waals surface area (Å²) in [5, 5.41) is 0. The summed E-state index contributed by atoms with van der Waals surface area (Å²) in [6.45, 7) is 10.1. The lowest BCUT2D eigenvalue weighted by Crippen LogP contribution is -2.39. The summed E-state index contributed by atoms with van der Waals surface area (Å²) < 4.78 is 24.3. The van der Waals surface area contributed by atoms with E-state index in [0.717, 1.165) is 5.56 Å². The number of benzene rings is 1. The largest absolute Gasteiger partial charge is 0.368 e. The zero-order valence-electron chi connectivity index (χ0n) is 13.5. The van der Waals surface area contributed by atoms with E-state index < -0.39 is 11.6 Å². The molecule has 3 rings (SSSR count). The molecule has 0 unspecified atom stereocenters. The monoisotopic (exact) mass is 304 g/mol. The maximum Gasteiger partial charge on any atom is 0.198 e. The molecule has 4 heteroatoms. The molecule has 0 aromatic heterocycles. The predicted octanol–water partition coefficient (Wildman–Crippen LogP) is 3.41. The van der Waals surface area contributed by atoms with Gasteiger partial charge in [-0.2, -0.15) is 0 Å². The van der Waals surface area contributed by atoms with Crippen molar-refractivity contribution in [1.82, 2.24) is 0 Å². The van der Waals surface area contributed by atoms with Gasteiger partial charge < -0.3 is 18.9 Å². The molecule has 1 aromatic rings. The topological polar surface area (TPSA) is 36.9 Å². The maximum absolute atomic E-state index is 6.15. The van der Waals surface area contributed by atoms with Crippen LogP contribution in [0.15, 0.2) is 43.0 Å². The van der Waals surface area contributed by atoms with Crippen molar-refractivity contribution < 1.29 is 18.9 Å². The van der Waals surface area contributed by atoms with Crippen molar-refractivity contribution in [3.05, 3.63) is 48.6 Å². The summed E-state index contributed by atoms with van der Waals surface area (Å²) in [4.78, 5) is 0. The smallest absolute Gasteiger partial charge is 0.198 e. The first-order valence-electron chi connectivity index (χ1n) is 7.76. The van der Waals surface area contributed by atoms with Crippen molar-refractivity contribution >= 4 is 0 Å². The molecule has 2 heterocycles. The van der Waals surface area contributed by atoms with Crippen molar-refractivity contribution in [1.29, 1.82) is 0 Å². The van der Waals surface area contributed by atoms with Crippen molar-refractivity contribution in [3.63, 3.8) is 0 Å². The summed E-state index contributed by atoms with van der Waals surface area (Å²) in [5.41, 5.74) is 1.13. The van der Waals surface area contributed by atoms with Gasteiger partial charge in [0.05, 0.1) is 12.7 Å². The van der Waals surface area contributed by atoms with E-state index in [9.17, 15) is 0 Å². The Balaban J connectivity index is 1.75. The summed E-state index contributed by atoms with van der Waals surface area (Å²) in [6, 6.07) is 10.1. The van der Waals surface area contributed by atoms with E-state index >= 15 is 0 Å². The molecule has 0 aliphatic carbocycles. The second-order valence-electron chi connectivity index (χ2n) is 6.50. The van der Waals surface area contributed by atoms with Crippen LogP contribution in [0.2, 0.25) is 0 Å². The third-order valence-corrected chi connectivity index (χ3v) is 4.11. The minimum absolute atomic E-state index is 0.104. The minimum atomic E-state index is -0.765. The second kappa shape index (κ2) is 5.78. The lowest BCUT2D eigenvalue weighted by atomic mass is 10.0. The van der Waals surface area contributed by atoms with Crippen molar-refractivity contribution in [2.75, 3.05) is 0 Å². The molecule has 4 atom stereocenters. The molecule has 2 saturated heterocycles. The molecule has 4 nitrogen and oxygen atoms in total. The quantitative estimate of drug-likeness (QED) is 0.781. The Morgan fingerprint density at radius 2 is 1.91 bits per heavy atom. The van der Waals surface area contributed by atoms with E-state index in [-0.39, 0.29) is 18.3 Å². The number of hydrogen-bond donors (Lipinski definition) is 0. The molecule has 120 valence electrons. The molecular formula is C18H24O4. The Labute approximate surface area is 132 Å². The molecule has 1 aromatic carbocycles. The Bertz CT molecular complexity index is 527. The fraction of sp³-hybridized carbons (Fsp3) is 0.556. The van der Waals surface area contributed by atoms with Crippen LogP contribution in [0.25, 0.3) is 0 Å². The molecule has 0 bridgehead atoms. The van der Waals surface area contributed by atoms with Gasteiger partial charge in [-0.25, -0.2) is 0 Å². The van der Waals surface area contributed by atoms with Crippen molar-refractivity contribution in [3.8, 4) is 0 Å². The Kier molecular flexibility index (Phi) is 4.12. The molecule has 2 aliphatic rings. The molecule has 0 amide bonds. The van der Waals surface area contributed by atoms with Crippen LogP contribution in [0.1, 0.15) is 32.8 Å². The van der Waals surface area contributed by atoms with Crippen LogP contribution >= 0.6 is 0 Å². The van der Waals surface area contributed by atoms with Crippen LogP contribution < -0.4 is 0 Å². The highest BCUT2D eigenvalue weighted by molar-refractivity contribution is 5.14. The number of hydrogen-bond acceptors (Lipinski definition) is 4. The van der Waals surface area contributed by atoms with E-state index in [1.807, 2.05) is 57.2 Å². The first kappa shape index (κ1) is 15.7. The SMILES string of the molecule is C=CC[C@H]1O[C@]2(C)OC(C)(C)O[C@@H]2[C@H]1OCc1ccccc1. The van der Waals surface area contributed by atoms with Gasteiger partial charge in [-0.05, 0) is 32.8 Å². The van der Waals surface area contributed by atoms with Crippen molar-refractivity contribution in [2.24, 2.45) is 0 Å². The average Bonchev–Trinajstić information content (AvgIpc) is 2.83. The van der Waals surface area contributed by atoms with Gasteiger partial charge in [0.15, 0.2) is 11.6 Å². The van der Waals surface area contributed by atoms with Crippen molar-refractivity contribution in [2.45, 2.75) is 63.7 Å². The molecule has 0 spiro atoms. The lowest BCUT2D eigenvalue weighted by molar-refractivity contribution is -0.256. The molecule has 0 saturated carbocycles. The van der Waals surface area contributed by atoms with E-state index in [4.69, 9.17) is 18.9 Å². The molecular weight excluding hydrogens is 280 g/mol. The highest BCUT2D eigenvalue weighted by atomic mass is 16.9. The second-order valence-corrected chi connectivity index (χ2v) is 6.50. The predicted molar refractivity (Wildman–Crippen MR) is 83.1 cm³/mol. The molecule has 2 aliphatic heterocycles. The number of ether oxygens (including phenoxy) is 4. The van der Waals surface area contributed by atoms with Crippen LogP contribution in [0.3, 0.4) is 0 Å². The van der Waals surface area contributed by atoms with E-state index in [2.05, 4.69) is 6.58 Å². The standard InChI is InChI=1S/C18H24O4/c1-5-9-14-15(19-12-13-10-7-6-8-11-13)16-18(4,20-14)22-17(2,3)21-16/h5-8,10-11,14-16H,1,9,12H2,2-4H3/t14-,15+,16-,18-/m1/s1. The Hall–Kier alpha value is -1.20. The molecule has 0 radical (unpaired) electrons. The summed E-state index contributed by atoms with van der Waals surface area (Å²) in [6.07, 6.45) is 2.03. The van der Waals surface area contributed by atoms with E-state index in [1.165, 1.54) is 0 Å². The van der Waals surface area contributed by atoms with Gasteiger partial charge in [0.1, 0.15) is 12.2 Å². The fourth-order valence-electron chi connectivity index (χ4n) is 3.31. The number of rotatable bonds is 5. The van der Waals surface area contributed by atoms with Crippen LogP contribution in [0.4, 0.5) is 0 Å². The first-order chi connectivity index (χ1) is 10.4. The van der Waals surface area contributed by atoms with Crippen LogP contribution in [0, 0.1) is 0 Å². The summed E-state index contributed by atoms with van der Waals surface area (Å²) in [5.74, 6) is -1.43. The lowest BCUT2D eigenvalue weighted by Gasteiger charge is -2.26. The van der Waals surface area contributed by atoms with Gasteiger partial charge in [-0.3, -0.25) is 0 Å². The van der Waals surface area contributed by atoms with Gasteiger partial charge in [0.2, 0.25) is 0 Å². The number of fused-ring (bicyclic) bond motifs is 1.